The van der Waals surface area contributed by atoms with Crippen LogP contribution in [0.2, 0.25) is 0 Å². The molecule has 1 atom stereocenters. The van der Waals surface area contributed by atoms with E-state index in [2.05, 4.69) is 40.8 Å². The van der Waals surface area contributed by atoms with E-state index in [1.54, 1.807) is 0 Å². The van der Waals surface area contributed by atoms with E-state index in [9.17, 15) is 0 Å². The van der Waals surface area contributed by atoms with Crippen molar-refractivity contribution in [2.24, 2.45) is 17.5 Å². The summed E-state index contributed by atoms with van der Waals surface area (Å²) in [6.45, 7) is 13.7. The smallest absolute Gasteiger partial charge is 0.194 e. The van der Waals surface area contributed by atoms with Crippen LogP contribution in [0.3, 0.4) is 0 Å². The van der Waals surface area contributed by atoms with E-state index in [0.717, 1.165) is 37.2 Å². The lowest BCUT2D eigenvalue weighted by atomic mass is 9.87. The second-order valence-corrected chi connectivity index (χ2v) is 6.37. The molecule has 2 rings (SSSR count). The number of aryl methyl sites for hydroxylation is 1. The van der Waals surface area contributed by atoms with Gasteiger partial charge >= 0.3 is 0 Å². The Hall–Kier alpha value is -1.12. The molecule has 0 bridgehead atoms. The topological polar surface area (TPSA) is 58.3 Å². The van der Waals surface area contributed by atoms with Gasteiger partial charge in [0.05, 0.1) is 0 Å². The number of guanidine groups is 1. The van der Waals surface area contributed by atoms with E-state index < -0.39 is 0 Å². The molecule has 1 aromatic heterocycles. The Kier molecular flexibility index (Phi) is 7.50. The molecule has 1 saturated heterocycles. The lowest BCUT2D eigenvalue weighted by Gasteiger charge is -2.25. The van der Waals surface area contributed by atoms with Crippen LogP contribution in [-0.4, -0.2) is 45.3 Å². The highest BCUT2D eigenvalue weighted by Gasteiger charge is 2.33. The highest BCUT2D eigenvalue weighted by Crippen LogP contribution is 2.32. The fraction of sp³-hybridized carbons (Fsp3) is 0.688. The van der Waals surface area contributed by atoms with Gasteiger partial charge in [0.1, 0.15) is 12.4 Å². The molecular formula is C16H29IN6. The van der Waals surface area contributed by atoms with E-state index in [0.29, 0.717) is 12.0 Å². The van der Waals surface area contributed by atoms with Gasteiger partial charge in [-0.15, -0.1) is 40.8 Å². The fourth-order valence-electron chi connectivity index (χ4n) is 2.66. The summed E-state index contributed by atoms with van der Waals surface area (Å²) < 4.78 is 1.98. The molecule has 7 heteroatoms. The van der Waals surface area contributed by atoms with Crippen LogP contribution in [0.1, 0.15) is 38.3 Å². The number of hydrogen-bond donors (Lipinski definition) is 1. The molecule has 1 N–H and O–H groups in total. The fourth-order valence-corrected chi connectivity index (χ4v) is 2.66. The molecule has 2 heterocycles. The Bertz CT molecular complexity index is 553. The lowest BCUT2D eigenvalue weighted by molar-refractivity contribution is 0.322. The first-order valence-electron chi connectivity index (χ1n) is 7.98. The summed E-state index contributed by atoms with van der Waals surface area (Å²) in [5.74, 6) is 2.73. The molecule has 0 aromatic carbocycles. The summed E-state index contributed by atoms with van der Waals surface area (Å²) in [5.41, 5.74) is 0.387. The van der Waals surface area contributed by atoms with Crippen LogP contribution in [0.15, 0.2) is 17.6 Å². The monoisotopic (exact) mass is 432 g/mol. The quantitative estimate of drug-likeness (QED) is 0.336. The van der Waals surface area contributed by atoms with Gasteiger partial charge in [-0.25, -0.2) is 4.99 Å². The van der Waals surface area contributed by atoms with Crippen LogP contribution in [-0.2, 0) is 13.6 Å². The molecule has 0 radical (unpaired) electrons. The predicted molar refractivity (Wildman–Crippen MR) is 105 cm³/mol. The van der Waals surface area contributed by atoms with Crippen molar-refractivity contribution in [2.45, 2.75) is 40.2 Å². The average molecular weight is 432 g/mol. The van der Waals surface area contributed by atoms with Gasteiger partial charge in [0.15, 0.2) is 11.8 Å². The van der Waals surface area contributed by atoms with E-state index in [1.165, 1.54) is 12.8 Å². The Morgan fingerprint density at radius 3 is 2.74 bits per heavy atom. The summed E-state index contributed by atoms with van der Waals surface area (Å²) in [6.07, 6.45) is 4.26. The minimum atomic E-state index is 0. The van der Waals surface area contributed by atoms with Crippen molar-refractivity contribution in [3.63, 3.8) is 0 Å². The number of aromatic nitrogens is 3. The molecule has 6 nitrogen and oxygen atoms in total. The molecule has 1 aliphatic heterocycles. The van der Waals surface area contributed by atoms with Crippen LogP contribution in [0.4, 0.5) is 0 Å². The first-order chi connectivity index (χ1) is 10.5. The van der Waals surface area contributed by atoms with E-state index >= 15 is 0 Å². The first kappa shape index (κ1) is 19.9. The predicted octanol–water partition coefficient (Wildman–Crippen LogP) is 2.50. The van der Waals surface area contributed by atoms with Crippen LogP contribution in [0.5, 0.6) is 0 Å². The number of halogens is 1. The van der Waals surface area contributed by atoms with Gasteiger partial charge in [0.2, 0.25) is 0 Å². The summed E-state index contributed by atoms with van der Waals surface area (Å²) >= 11 is 0. The van der Waals surface area contributed by atoms with Crippen LogP contribution in [0, 0.1) is 12.3 Å². The summed E-state index contributed by atoms with van der Waals surface area (Å²) in [5, 5.41) is 11.6. The third-order valence-corrected chi connectivity index (χ3v) is 4.67. The van der Waals surface area contributed by atoms with Gasteiger partial charge in [0.25, 0.3) is 0 Å². The number of nitrogens with one attached hydrogen (secondary N) is 1. The normalized spacial score (nSPS) is 21.2. The maximum absolute atomic E-state index is 4.75. The maximum Gasteiger partial charge on any atom is 0.194 e. The number of nitrogens with zero attached hydrogens (tertiary/aromatic N) is 5. The molecule has 0 aliphatic carbocycles. The Morgan fingerprint density at radius 1 is 1.48 bits per heavy atom. The average Bonchev–Trinajstić information content (AvgIpc) is 3.05. The van der Waals surface area contributed by atoms with Gasteiger partial charge in [-0.3, -0.25) is 0 Å². The molecule has 1 aromatic rings. The summed E-state index contributed by atoms with van der Waals surface area (Å²) in [7, 11) is 1.97. The molecule has 0 amide bonds. The zero-order chi connectivity index (χ0) is 16.2. The Balaban J connectivity index is 0.00000264. The lowest BCUT2D eigenvalue weighted by Crippen LogP contribution is -2.41. The minimum absolute atomic E-state index is 0. The number of hydrogen-bond acceptors (Lipinski definition) is 3. The standard InChI is InChI=1S/C16H28N6.HI/c1-6-9-17-15(22-10-8-16(4,7-2)12-22)18-11-14-20-19-13(3)21(14)5;/h6H,1,7-12H2,2-5H3,(H,17,18);1H. The zero-order valence-electron chi connectivity index (χ0n) is 14.7. The molecule has 1 unspecified atom stereocenters. The van der Waals surface area contributed by atoms with E-state index in [-0.39, 0.29) is 24.0 Å². The molecule has 1 aliphatic rings. The van der Waals surface area contributed by atoms with Crippen LogP contribution >= 0.6 is 24.0 Å². The van der Waals surface area contributed by atoms with Gasteiger partial charge in [-0.2, -0.15) is 0 Å². The largest absolute Gasteiger partial charge is 0.353 e. The highest BCUT2D eigenvalue weighted by atomic mass is 127. The highest BCUT2D eigenvalue weighted by molar-refractivity contribution is 14.0. The maximum atomic E-state index is 4.75. The van der Waals surface area contributed by atoms with Gasteiger partial charge in [0, 0.05) is 26.7 Å². The minimum Gasteiger partial charge on any atom is -0.353 e. The second-order valence-electron chi connectivity index (χ2n) is 6.37. The van der Waals surface area contributed by atoms with Gasteiger partial charge in [-0.1, -0.05) is 19.9 Å². The number of aliphatic imine (C=N–C) groups is 1. The molecule has 0 saturated carbocycles. The number of likely N-dealkylation sites (tertiary alicyclic amines) is 1. The van der Waals surface area contributed by atoms with Crippen molar-refractivity contribution >= 4 is 29.9 Å². The van der Waals surface area contributed by atoms with Crippen molar-refractivity contribution in [1.29, 1.82) is 0 Å². The van der Waals surface area contributed by atoms with Crippen LogP contribution < -0.4 is 5.32 Å². The van der Waals surface area contributed by atoms with Gasteiger partial charge < -0.3 is 14.8 Å². The van der Waals surface area contributed by atoms with Crippen molar-refractivity contribution in [1.82, 2.24) is 25.0 Å². The van der Waals surface area contributed by atoms with E-state index in [4.69, 9.17) is 4.99 Å². The van der Waals surface area contributed by atoms with Crippen molar-refractivity contribution < 1.29 is 0 Å². The third-order valence-electron chi connectivity index (χ3n) is 4.67. The van der Waals surface area contributed by atoms with Crippen molar-refractivity contribution in [3.05, 3.63) is 24.3 Å². The zero-order valence-corrected chi connectivity index (χ0v) is 17.0. The summed E-state index contributed by atoms with van der Waals surface area (Å²) in [4.78, 5) is 7.09. The van der Waals surface area contributed by atoms with Crippen molar-refractivity contribution in [2.75, 3.05) is 19.6 Å². The Labute approximate surface area is 156 Å². The summed E-state index contributed by atoms with van der Waals surface area (Å²) in [6, 6.07) is 0. The van der Waals surface area contributed by atoms with Crippen molar-refractivity contribution in [3.8, 4) is 0 Å². The molecule has 130 valence electrons. The second kappa shape index (κ2) is 8.65. The van der Waals surface area contributed by atoms with E-state index in [1.807, 2.05) is 24.6 Å². The third kappa shape index (κ3) is 4.92. The SMILES string of the molecule is C=CCNC(=NCc1nnc(C)n1C)N1CCC(C)(CC)C1.I. The molecule has 0 spiro atoms. The van der Waals surface area contributed by atoms with Crippen LogP contribution in [0.25, 0.3) is 0 Å². The number of rotatable bonds is 5. The molecule has 23 heavy (non-hydrogen) atoms. The Morgan fingerprint density at radius 2 is 2.22 bits per heavy atom. The first-order valence-corrected chi connectivity index (χ1v) is 7.98. The molecular weight excluding hydrogens is 403 g/mol. The molecule has 1 fully saturated rings. The van der Waals surface area contributed by atoms with Gasteiger partial charge in [-0.05, 0) is 25.2 Å².